The SMILES string of the molecule is OC1(c2ccccc2)SC(=S)N(Cc2cccc(Cl)c2Cl)C1c1ccccc1. The molecule has 0 amide bonds. The number of benzene rings is 3. The molecular formula is C22H17Cl2NOS2. The summed E-state index contributed by atoms with van der Waals surface area (Å²) in [5.41, 5.74) is 2.67. The van der Waals surface area contributed by atoms with Crippen LogP contribution in [0.2, 0.25) is 10.0 Å². The van der Waals surface area contributed by atoms with Crippen molar-refractivity contribution in [2.75, 3.05) is 0 Å². The molecule has 2 nitrogen and oxygen atoms in total. The van der Waals surface area contributed by atoms with Gasteiger partial charge in [-0.15, -0.1) is 0 Å². The average molecular weight is 446 g/mol. The molecule has 0 radical (unpaired) electrons. The Hall–Kier alpha value is -1.56. The first-order valence-corrected chi connectivity index (χ1v) is 10.7. The highest BCUT2D eigenvalue weighted by Gasteiger charge is 2.51. The lowest BCUT2D eigenvalue weighted by molar-refractivity contribution is 0.0591. The molecule has 0 bridgehead atoms. The molecule has 1 saturated heterocycles. The number of halogens is 2. The Morgan fingerprint density at radius 3 is 2.25 bits per heavy atom. The van der Waals surface area contributed by atoms with E-state index in [-0.39, 0.29) is 6.04 Å². The van der Waals surface area contributed by atoms with E-state index in [9.17, 15) is 5.11 Å². The van der Waals surface area contributed by atoms with Gasteiger partial charge >= 0.3 is 0 Å². The summed E-state index contributed by atoms with van der Waals surface area (Å²) in [5.74, 6) is 0. The molecule has 6 heteroatoms. The van der Waals surface area contributed by atoms with Gasteiger partial charge in [-0.25, -0.2) is 0 Å². The maximum atomic E-state index is 11.8. The fourth-order valence-corrected chi connectivity index (χ4v) is 5.62. The predicted molar refractivity (Wildman–Crippen MR) is 122 cm³/mol. The van der Waals surface area contributed by atoms with Gasteiger partial charge < -0.3 is 10.0 Å². The van der Waals surface area contributed by atoms with E-state index >= 15 is 0 Å². The highest BCUT2D eigenvalue weighted by Crippen LogP contribution is 2.55. The summed E-state index contributed by atoms with van der Waals surface area (Å²) < 4.78 is 0.622. The molecule has 0 spiro atoms. The van der Waals surface area contributed by atoms with Gasteiger partial charge in [-0.2, -0.15) is 0 Å². The van der Waals surface area contributed by atoms with Gasteiger partial charge in [0.25, 0.3) is 0 Å². The number of nitrogens with zero attached hydrogens (tertiary/aromatic N) is 1. The van der Waals surface area contributed by atoms with Gasteiger partial charge in [0.05, 0.1) is 16.1 Å². The Balaban J connectivity index is 1.81. The van der Waals surface area contributed by atoms with Crippen LogP contribution in [0.25, 0.3) is 0 Å². The van der Waals surface area contributed by atoms with Crippen molar-refractivity contribution in [1.29, 1.82) is 0 Å². The van der Waals surface area contributed by atoms with Crippen LogP contribution in [0.5, 0.6) is 0 Å². The Bertz CT molecular complexity index is 1000. The highest BCUT2D eigenvalue weighted by molar-refractivity contribution is 8.23. The molecule has 0 aliphatic carbocycles. The van der Waals surface area contributed by atoms with Gasteiger partial charge in [-0.3, -0.25) is 0 Å². The van der Waals surface area contributed by atoms with Crippen molar-refractivity contribution in [1.82, 2.24) is 4.90 Å². The zero-order chi connectivity index (χ0) is 19.7. The molecule has 28 heavy (non-hydrogen) atoms. The number of thiocarbonyl (C=S) groups is 1. The van der Waals surface area contributed by atoms with E-state index < -0.39 is 4.93 Å². The van der Waals surface area contributed by atoms with Gasteiger partial charge in [-0.1, -0.05) is 120 Å². The van der Waals surface area contributed by atoms with Gasteiger partial charge in [0, 0.05) is 6.54 Å². The Labute approximate surface area is 184 Å². The zero-order valence-corrected chi connectivity index (χ0v) is 17.9. The number of aliphatic hydroxyl groups is 1. The lowest BCUT2D eigenvalue weighted by Crippen LogP contribution is -2.35. The molecular weight excluding hydrogens is 429 g/mol. The van der Waals surface area contributed by atoms with Crippen molar-refractivity contribution in [3.63, 3.8) is 0 Å². The van der Waals surface area contributed by atoms with Crippen molar-refractivity contribution in [3.05, 3.63) is 106 Å². The average Bonchev–Trinajstić information content (AvgIpc) is 2.97. The second-order valence-electron chi connectivity index (χ2n) is 6.58. The van der Waals surface area contributed by atoms with Crippen LogP contribution in [0.15, 0.2) is 78.9 Å². The summed E-state index contributed by atoms with van der Waals surface area (Å²) in [6.07, 6.45) is 0. The molecule has 0 saturated carbocycles. The molecule has 2 atom stereocenters. The second-order valence-corrected chi connectivity index (χ2v) is 9.23. The number of rotatable bonds is 4. The number of hydrogen-bond acceptors (Lipinski definition) is 3. The molecule has 3 aromatic rings. The fourth-order valence-electron chi connectivity index (χ4n) is 3.51. The molecule has 1 N–H and O–H groups in total. The van der Waals surface area contributed by atoms with Crippen LogP contribution in [0, 0.1) is 0 Å². The topological polar surface area (TPSA) is 23.5 Å². The van der Waals surface area contributed by atoms with Crippen molar-refractivity contribution < 1.29 is 5.11 Å². The van der Waals surface area contributed by atoms with E-state index in [4.69, 9.17) is 35.4 Å². The van der Waals surface area contributed by atoms with E-state index in [2.05, 4.69) is 0 Å². The lowest BCUT2D eigenvalue weighted by Gasteiger charge is -2.34. The Kier molecular flexibility index (Phi) is 5.68. The molecule has 3 aromatic carbocycles. The molecule has 1 fully saturated rings. The highest BCUT2D eigenvalue weighted by atomic mass is 35.5. The second kappa shape index (κ2) is 8.05. The largest absolute Gasteiger partial charge is 0.372 e. The van der Waals surface area contributed by atoms with Crippen LogP contribution in [-0.4, -0.2) is 14.3 Å². The minimum Gasteiger partial charge on any atom is -0.372 e. The molecule has 1 aliphatic heterocycles. The molecule has 4 rings (SSSR count). The van der Waals surface area contributed by atoms with Crippen LogP contribution in [-0.2, 0) is 11.5 Å². The third kappa shape index (κ3) is 3.56. The van der Waals surface area contributed by atoms with Crippen LogP contribution >= 0.6 is 47.2 Å². The minimum absolute atomic E-state index is 0.358. The maximum Gasteiger partial charge on any atom is 0.167 e. The van der Waals surface area contributed by atoms with Gasteiger partial charge in [-0.05, 0) is 22.8 Å². The van der Waals surface area contributed by atoms with Crippen molar-refractivity contribution in [2.45, 2.75) is 17.5 Å². The Morgan fingerprint density at radius 1 is 0.929 bits per heavy atom. The molecule has 142 valence electrons. The number of hydrogen-bond donors (Lipinski definition) is 1. The summed E-state index contributed by atoms with van der Waals surface area (Å²) in [7, 11) is 0. The van der Waals surface area contributed by atoms with Gasteiger partial charge in [0.15, 0.2) is 4.93 Å². The van der Waals surface area contributed by atoms with E-state index in [0.29, 0.717) is 20.9 Å². The molecule has 1 aliphatic rings. The van der Waals surface area contributed by atoms with E-state index in [1.165, 1.54) is 11.8 Å². The fraction of sp³-hybridized carbons (Fsp3) is 0.136. The zero-order valence-electron chi connectivity index (χ0n) is 14.8. The third-order valence-electron chi connectivity index (χ3n) is 4.83. The maximum absolute atomic E-state index is 11.8. The summed E-state index contributed by atoms with van der Waals surface area (Å²) in [6.45, 7) is 0.458. The molecule has 0 aromatic heterocycles. The first kappa shape index (κ1) is 19.7. The first-order valence-electron chi connectivity index (χ1n) is 8.76. The summed E-state index contributed by atoms with van der Waals surface area (Å²) >= 11 is 19.6. The van der Waals surface area contributed by atoms with E-state index in [0.717, 1.165) is 16.7 Å². The van der Waals surface area contributed by atoms with Crippen molar-refractivity contribution >= 4 is 51.5 Å². The molecule has 2 unspecified atom stereocenters. The quantitative estimate of drug-likeness (QED) is 0.468. The van der Waals surface area contributed by atoms with Crippen LogP contribution in [0.1, 0.15) is 22.7 Å². The predicted octanol–water partition coefficient (Wildman–Crippen LogP) is 6.41. The monoisotopic (exact) mass is 445 g/mol. The normalized spacial score (nSPS) is 21.9. The van der Waals surface area contributed by atoms with Crippen LogP contribution < -0.4 is 0 Å². The van der Waals surface area contributed by atoms with Gasteiger partial charge in [0.2, 0.25) is 0 Å². The smallest absolute Gasteiger partial charge is 0.167 e. The summed E-state index contributed by atoms with van der Waals surface area (Å²) in [6, 6.07) is 24.8. The van der Waals surface area contributed by atoms with Crippen LogP contribution in [0.4, 0.5) is 0 Å². The van der Waals surface area contributed by atoms with Crippen molar-refractivity contribution in [2.24, 2.45) is 0 Å². The summed E-state index contributed by atoms with van der Waals surface area (Å²) in [5, 5.41) is 12.8. The summed E-state index contributed by atoms with van der Waals surface area (Å²) in [4.78, 5) is 0.824. The van der Waals surface area contributed by atoms with Gasteiger partial charge in [0.1, 0.15) is 4.32 Å². The third-order valence-corrected chi connectivity index (χ3v) is 7.36. The minimum atomic E-state index is -1.20. The van der Waals surface area contributed by atoms with E-state index in [1.807, 2.05) is 77.7 Å². The standard InChI is InChI=1S/C22H17Cl2NOS2/c23-18-13-7-10-16(19(18)24)14-25-20(15-8-3-1-4-9-15)22(26,28-21(25)27)17-11-5-2-6-12-17/h1-13,20,26H,14H2. The molecule has 1 heterocycles. The number of thioether (sulfide) groups is 1. The first-order chi connectivity index (χ1) is 13.5. The van der Waals surface area contributed by atoms with Crippen molar-refractivity contribution in [3.8, 4) is 0 Å². The lowest BCUT2D eigenvalue weighted by atomic mass is 9.93. The van der Waals surface area contributed by atoms with E-state index in [1.54, 1.807) is 6.07 Å². The van der Waals surface area contributed by atoms with Crippen LogP contribution in [0.3, 0.4) is 0 Å². The Morgan fingerprint density at radius 2 is 1.57 bits per heavy atom.